The van der Waals surface area contributed by atoms with Crippen LogP contribution in [0.2, 0.25) is 6.82 Å². The average Bonchev–Trinajstić information content (AvgIpc) is 2.15. The highest BCUT2D eigenvalue weighted by Gasteiger charge is 2.15. The van der Waals surface area contributed by atoms with Crippen LogP contribution in [-0.2, 0) is 0 Å². The van der Waals surface area contributed by atoms with Gasteiger partial charge in [-0.25, -0.2) is 0 Å². The van der Waals surface area contributed by atoms with Crippen molar-refractivity contribution in [3.05, 3.63) is 0 Å². The molecule has 6 heteroatoms. The quantitative estimate of drug-likeness (QED) is 0.331. The second-order valence-electron chi connectivity index (χ2n) is 3.89. The molecule has 1 aliphatic heterocycles. The fourth-order valence-corrected chi connectivity index (χ4v) is 1.96. The molecule has 82 valence electrons. The number of hydrogen-bond donors (Lipinski definition) is 3. The van der Waals surface area contributed by atoms with Gasteiger partial charge in [-0.1, -0.05) is 9.39 Å². The molecule has 0 spiro atoms. The molecule has 3 N–H and O–H groups in total. The third kappa shape index (κ3) is 5.27. The number of rotatable bonds is 5. The summed E-state index contributed by atoms with van der Waals surface area (Å²) in [6.45, 7) is 5.83. The Morgan fingerprint density at radius 1 is 1.43 bits per heavy atom. The van der Waals surface area contributed by atoms with Gasteiger partial charge in [-0.15, -0.1) is 0 Å². The van der Waals surface area contributed by atoms with Gasteiger partial charge in [0.1, 0.15) is 0 Å². The van der Waals surface area contributed by atoms with E-state index < -0.39 is 7.05 Å². The number of nitrogens with zero attached hydrogens (tertiary/aromatic N) is 1. The van der Waals surface area contributed by atoms with Crippen LogP contribution < -0.4 is 10.5 Å². The minimum atomic E-state index is -0.398. The minimum Gasteiger partial charge on any atom is -0.437 e. The third-order valence-electron chi connectivity index (χ3n) is 2.53. The maximum Gasteiger partial charge on any atom is 0.373 e. The Labute approximate surface area is 89.2 Å². The van der Waals surface area contributed by atoms with Gasteiger partial charge in [0.15, 0.2) is 0 Å². The standard InChI is InChI=1S/C8H21BN3OP/c1-9(13)11-5-4-10-8-2-6-12(14)7-3-8/h8,10-11,13H,2-7,14H2,1H3. The van der Waals surface area contributed by atoms with Gasteiger partial charge in [-0.05, 0) is 26.2 Å². The molecule has 1 heterocycles. The van der Waals surface area contributed by atoms with Crippen molar-refractivity contribution in [2.75, 3.05) is 26.2 Å². The van der Waals surface area contributed by atoms with Gasteiger partial charge in [-0.2, -0.15) is 0 Å². The summed E-state index contributed by atoms with van der Waals surface area (Å²) in [4.78, 5) is 0. The summed E-state index contributed by atoms with van der Waals surface area (Å²) in [5.74, 6) is 0. The summed E-state index contributed by atoms with van der Waals surface area (Å²) in [5, 5.41) is 15.4. The van der Waals surface area contributed by atoms with Crippen molar-refractivity contribution in [1.82, 2.24) is 15.2 Å². The van der Waals surface area contributed by atoms with Crippen LogP contribution in [0.1, 0.15) is 12.8 Å². The van der Waals surface area contributed by atoms with E-state index in [1.54, 1.807) is 6.82 Å². The van der Waals surface area contributed by atoms with Crippen LogP contribution in [0.5, 0.6) is 0 Å². The fourth-order valence-electron chi connectivity index (χ4n) is 1.66. The lowest BCUT2D eigenvalue weighted by atomic mass is 9.89. The maximum absolute atomic E-state index is 8.98. The Balaban J connectivity index is 1.96. The molecule has 0 radical (unpaired) electrons. The molecule has 4 nitrogen and oxygen atoms in total. The topological polar surface area (TPSA) is 47.5 Å². The summed E-state index contributed by atoms with van der Waals surface area (Å²) >= 11 is 0. The molecule has 1 rings (SSSR count). The van der Waals surface area contributed by atoms with Gasteiger partial charge in [0.25, 0.3) is 0 Å². The molecule has 0 aromatic carbocycles. The third-order valence-corrected chi connectivity index (χ3v) is 3.04. The monoisotopic (exact) mass is 217 g/mol. The van der Waals surface area contributed by atoms with Gasteiger partial charge in [0.2, 0.25) is 0 Å². The molecule has 1 atom stereocenters. The molecule has 0 saturated carbocycles. The van der Waals surface area contributed by atoms with Gasteiger partial charge >= 0.3 is 7.05 Å². The summed E-state index contributed by atoms with van der Waals surface area (Å²) in [5.41, 5.74) is 0. The normalized spacial score (nSPS) is 19.9. The molecular weight excluding hydrogens is 196 g/mol. The molecule has 0 bridgehead atoms. The first kappa shape index (κ1) is 12.4. The summed E-state index contributed by atoms with van der Waals surface area (Å²) in [6, 6.07) is 0.655. The lowest BCUT2D eigenvalue weighted by Gasteiger charge is -2.29. The van der Waals surface area contributed by atoms with Gasteiger partial charge in [-0.3, -0.25) is 4.67 Å². The highest BCUT2D eigenvalue weighted by atomic mass is 31.0. The molecule has 1 aliphatic rings. The van der Waals surface area contributed by atoms with Crippen LogP contribution in [-0.4, -0.2) is 49.0 Å². The Morgan fingerprint density at radius 3 is 2.64 bits per heavy atom. The molecule has 0 aromatic heterocycles. The van der Waals surface area contributed by atoms with Crippen molar-refractivity contribution in [3.63, 3.8) is 0 Å². The number of piperidine rings is 1. The smallest absolute Gasteiger partial charge is 0.373 e. The summed E-state index contributed by atoms with van der Waals surface area (Å²) in [6.07, 6.45) is 2.44. The predicted molar refractivity (Wildman–Crippen MR) is 64.1 cm³/mol. The van der Waals surface area contributed by atoms with Crippen LogP contribution in [0.25, 0.3) is 0 Å². The van der Waals surface area contributed by atoms with E-state index >= 15 is 0 Å². The summed E-state index contributed by atoms with van der Waals surface area (Å²) < 4.78 is 2.28. The van der Waals surface area contributed by atoms with E-state index in [4.69, 9.17) is 5.02 Å². The molecular formula is C8H21BN3OP. The van der Waals surface area contributed by atoms with E-state index in [0.29, 0.717) is 6.04 Å². The average molecular weight is 217 g/mol. The minimum absolute atomic E-state index is 0.398. The molecule has 14 heavy (non-hydrogen) atoms. The van der Waals surface area contributed by atoms with E-state index in [1.165, 1.54) is 12.8 Å². The van der Waals surface area contributed by atoms with Crippen molar-refractivity contribution < 1.29 is 5.02 Å². The highest BCUT2D eigenvalue weighted by molar-refractivity contribution is 7.13. The van der Waals surface area contributed by atoms with Crippen LogP contribution >= 0.6 is 9.39 Å². The van der Waals surface area contributed by atoms with Gasteiger partial charge in [0.05, 0.1) is 0 Å². The van der Waals surface area contributed by atoms with Crippen LogP contribution in [0, 0.1) is 0 Å². The largest absolute Gasteiger partial charge is 0.437 e. The first-order chi connectivity index (χ1) is 6.68. The van der Waals surface area contributed by atoms with Crippen molar-refractivity contribution in [1.29, 1.82) is 0 Å². The highest BCUT2D eigenvalue weighted by Crippen LogP contribution is 2.12. The maximum atomic E-state index is 8.98. The second-order valence-corrected chi connectivity index (χ2v) is 4.62. The van der Waals surface area contributed by atoms with E-state index in [2.05, 4.69) is 24.6 Å². The molecule has 1 fully saturated rings. The van der Waals surface area contributed by atoms with Gasteiger partial charge < -0.3 is 15.6 Å². The predicted octanol–water partition coefficient (Wildman–Crippen LogP) is -0.470. The molecule has 0 amide bonds. The van der Waals surface area contributed by atoms with E-state index in [-0.39, 0.29) is 0 Å². The van der Waals surface area contributed by atoms with Crippen LogP contribution in [0.4, 0.5) is 0 Å². The zero-order valence-corrected chi connectivity index (χ0v) is 10.0. The Bertz CT molecular complexity index is 154. The molecule has 0 aromatic rings. The Hall–Kier alpha value is 0.335. The SMILES string of the molecule is CB(O)NCCNC1CCN(P)CC1. The van der Waals surface area contributed by atoms with E-state index in [9.17, 15) is 0 Å². The number of hydrogen-bond acceptors (Lipinski definition) is 4. The molecule has 0 aliphatic carbocycles. The zero-order valence-electron chi connectivity index (χ0n) is 8.87. The molecule has 1 saturated heterocycles. The molecule has 1 unspecified atom stereocenters. The van der Waals surface area contributed by atoms with Crippen molar-refractivity contribution in [3.8, 4) is 0 Å². The Kier molecular flexibility index (Phi) is 5.98. The van der Waals surface area contributed by atoms with E-state index in [0.717, 1.165) is 26.2 Å². The van der Waals surface area contributed by atoms with Crippen LogP contribution in [0.15, 0.2) is 0 Å². The van der Waals surface area contributed by atoms with Crippen molar-refractivity contribution in [2.45, 2.75) is 25.7 Å². The number of nitrogens with one attached hydrogen (secondary N) is 2. The summed E-state index contributed by atoms with van der Waals surface area (Å²) in [7, 11) is 2.35. The first-order valence-corrected chi connectivity index (χ1v) is 5.84. The first-order valence-electron chi connectivity index (χ1n) is 5.33. The van der Waals surface area contributed by atoms with Crippen molar-refractivity contribution in [2.24, 2.45) is 0 Å². The lowest BCUT2D eigenvalue weighted by molar-refractivity contribution is 0.308. The van der Waals surface area contributed by atoms with Crippen molar-refractivity contribution >= 4 is 16.4 Å². The van der Waals surface area contributed by atoms with Crippen LogP contribution in [0.3, 0.4) is 0 Å². The fraction of sp³-hybridized carbons (Fsp3) is 1.00. The second kappa shape index (κ2) is 6.75. The zero-order chi connectivity index (χ0) is 10.4. The lowest BCUT2D eigenvalue weighted by Crippen LogP contribution is -2.43. The van der Waals surface area contributed by atoms with E-state index in [1.807, 2.05) is 0 Å². The van der Waals surface area contributed by atoms with Gasteiger partial charge in [0, 0.05) is 25.7 Å². The Morgan fingerprint density at radius 2 is 2.07 bits per heavy atom.